The molecule has 2 aliphatic heterocycles. The Hall–Kier alpha value is -3.44. The van der Waals surface area contributed by atoms with Crippen molar-refractivity contribution in [3.63, 3.8) is 0 Å². The van der Waals surface area contributed by atoms with Crippen molar-refractivity contribution in [1.82, 2.24) is 19.7 Å². The lowest BCUT2D eigenvalue weighted by atomic mass is 9.92. The van der Waals surface area contributed by atoms with Gasteiger partial charge < -0.3 is 15.1 Å². The van der Waals surface area contributed by atoms with Crippen LogP contribution >= 0.6 is 0 Å². The van der Waals surface area contributed by atoms with Gasteiger partial charge in [-0.15, -0.1) is 5.10 Å². The van der Waals surface area contributed by atoms with Gasteiger partial charge >= 0.3 is 6.18 Å². The standard InChI is InChI=1S/C24H24F5N7/c25-16-8-17(26)10-19(9-16)35-6-1-7-36-23(35)32-22(33-36)31-21-14-2-3-15(21)13-34(12-14)18-4-5-30-20(11-18)24(27,28)29/h4-5,8-11,14-15,21H,1-3,6-7,12-13H2,(H,31,33)/t14-,15-/m1/s1. The summed E-state index contributed by atoms with van der Waals surface area (Å²) in [6, 6.07) is 6.22. The highest BCUT2D eigenvalue weighted by Crippen LogP contribution is 2.41. The van der Waals surface area contributed by atoms with Crippen LogP contribution in [-0.2, 0) is 12.7 Å². The van der Waals surface area contributed by atoms with Crippen LogP contribution in [0, 0.1) is 23.5 Å². The summed E-state index contributed by atoms with van der Waals surface area (Å²) in [5, 5.41) is 8.06. The van der Waals surface area contributed by atoms with Gasteiger partial charge in [-0.25, -0.2) is 13.5 Å². The fourth-order valence-electron chi connectivity index (χ4n) is 5.75. The molecule has 6 rings (SSSR count). The maximum Gasteiger partial charge on any atom is 0.433 e. The van der Waals surface area contributed by atoms with Gasteiger partial charge in [-0.2, -0.15) is 18.2 Å². The topological polar surface area (TPSA) is 62.1 Å². The monoisotopic (exact) mass is 505 g/mol. The van der Waals surface area contributed by atoms with E-state index in [0.717, 1.165) is 31.4 Å². The highest BCUT2D eigenvalue weighted by atomic mass is 19.4. The van der Waals surface area contributed by atoms with E-state index in [1.807, 2.05) is 4.90 Å². The maximum absolute atomic E-state index is 13.8. The van der Waals surface area contributed by atoms with E-state index in [0.29, 0.717) is 49.5 Å². The molecule has 4 heterocycles. The summed E-state index contributed by atoms with van der Waals surface area (Å²) in [5.74, 6) is 0.113. The SMILES string of the molecule is Fc1cc(F)cc(N2CCCn3nc(NC4[C@@H]5CC[C@@H]4CN(c4ccnc(C(F)(F)F)c4)C5)nc32)c1. The number of hydrogen-bond donors (Lipinski definition) is 1. The minimum Gasteiger partial charge on any atom is -0.371 e. The molecule has 3 aromatic rings. The third-order valence-corrected chi connectivity index (χ3v) is 7.33. The summed E-state index contributed by atoms with van der Waals surface area (Å²) in [6.07, 6.45) is -0.605. The number of rotatable bonds is 4. The summed E-state index contributed by atoms with van der Waals surface area (Å²) in [6.45, 7) is 2.46. The number of anilines is 4. The smallest absolute Gasteiger partial charge is 0.371 e. The summed E-state index contributed by atoms with van der Waals surface area (Å²) >= 11 is 0. The van der Waals surface area contributed by atoms with E-state index in [1.165, 1.54) is 18.3 Å². The van der Waals surface area contributed by atoms with Crippen molar-refractivity contribution in [2.75, 3.05) is 34.8 Å². The zero-order valence-corrected chi connectivity index (χ0v) is 19.2. The molecule has 1 N–H and O–H groups in total. The Balaban J connectivity index is 1.19. The number of hydrogen-bond acceptors (Lipinski definition) is 6. The highest BCUT2D eigenvalue weighted by molar-refractivity contribution is 5.59. The first-order chi connectivity index (χ1) is 17.2. The molecule has 2 atom stereocenters. The number of nitrogens with one attached hydrogen (secondary N) is 1. The Kier molecular flexibility index (Phi) is 5.49. The fourth-order valence-corrected chi connectivity index (χ4v) is 5.75. The minimum atomic E-state index is -4.48. The number of nitrogens with zero attached hydrogens (tertiary/aromatic N) is 6. The highest BCUT2D eigenvalue weighted by Gasteiger charge is 2.43. The number of piperidine rings is 1. The van der Waals surface area contributed by atoms with Crippen LogP contribution in [0.15, 0.2) is 36.5 Å². The maximum atomic E-state index is 13.8. The molecular formula is C24H24F5N7. The van der Waals surface area contributed by atoms with Gasteiger partial charge in [-0.3, -0.25) is 4.98 Å². The number of aromatic nitrogens is 4. The lowest BCUT2D eigenvalue weighted by molar-refractivity contribution is -0.141. The Bertz CT molecular complexity index is 1240. The fraction of sp³-hybridized carbons (Fsp3) is 0.458. The van der Waals surface area contributed by atoms with E-state index in [1.54, 1.807) is 15.6 Å². The van der Waals surface area contributed by atoms with Crippen LogP contribution in [0.25, 0.3) is 0 Å². The normalized spacial score (nSPS) is 23.6. The Morgan fingerprint density at radius 3 is 2.33 bits per heavy atom. The quantitative estimate of drug-likeness (QED) is 0.513. The van der Waals surface area contributed by atoms with Crippen molar-refractivity contribution in [2.45, 2.75) is 38.0 Å². The number of aryl methyl sites for hydroxylation is 1. The van der Waals surface area contributed by atoms with Crippen LogP contribution in [0.1, 0.15) is 25.0 Å². The van der Waals surface area contributed by atoms with Crippen LogP contribution in [0.5, 0.6) is 0 Å². The number of alkyl halides is 3. The van der Waals surface area contributed by atoms with E-state index in [9.17, 15) is 22.0 Å². The van der Waals surface area contributed by atoms with Crippen LogP contribution in [-0.4, -0.2) is 45.4 Å². The van der Waals surface area contributed by atoms with Crippen molar-refractivity contribution in [2.24, 2.45) is 11.8 Å². The summed E-state index contributed by atoms with van der Waals surface area (Å²) in [4.78, 5) is 11.9. The molecular weight excluding hydrogens is 481 g/mol. The van der Waals surface area contributed by atoms with Crippen molar-refractivity contribution in [1.29, 1.82) is 0 Å². The molecule has 2 fully saturated rings. The van der Waals surface area contributed by atoms with E-state index in [-0.39, 0.29) is 17.9 Å². The molecule has 7 nitrogen and oxygen atoms in total. The van der Waals surface area contributed by atoms with Crippen LogP contribution in [0.2, 0.25) is 0 Å². The molecule has 1 saturated heterocycles. The van der Waals surface area contributed by atoms with Crippen LogP contribution in [0.3, 0.4) is 0 Å². The third-order valence-electron chi connectivity index (χ3n) is 7.33. The predicted molar refractivity (Wildman–Crippen MR) is 123 cm³/mol. The average molecular weight is 505 g/mol. The largest absolute Gasteiger partial charge is 0.433 e. The van der Waals surface area contributed by atoms with E-state index >= 15 is 0 Å². The van der Waals surface area contributed by atoms with Gasteiger partial charge in [0.15, 0.2) is 0 Å². The second-order valence-corrected chi connectivity index (χ2v) is 9.66. The second kappa shape index (κ2) is 8.59. The van der Waals surface area contributed by atoms with Gasteiger partial charge in [0.2, 0.25) is 11.9 Å². The van der Waals surface area contributed by atoms with Crippen LogP contribution in [0.4, 0.5) is 45.2 Å². The first-order valence-corrected chi connectivity index (χ1v) is 12.0. The van der Waals surface area contributed by atoms with Crippen molar-refractivity contribution in [3.8, 4) is 0 Å². The summed E-state index contributed by atoms with van der Waals surface area (Å²) < 4.78 is 68.8. The van der Waals surface area contributed by atoms with Crippen molar-refractivity contribution >= 4 is 23.3 Å². The van der Waals surface area contributed by atoms with E-state index < -0.39 is 23.5 Å². The number of benzene rings is 1. The number of pyridine rings is 1. The molecule has 1 saturated carbocycles. The van der Waals surface area contributed by atoms with Gasteiger partial charge in [0, 0.05) is 55.9 Å². The molecule has 1 aliphatic carbocycles. The molecule has 12 heteroatoms. The van der Waals surface area contributed by atoms with E-state index in [2.05, 4.69) is 20.4 Å². The van der Waals surface area contributed by atoms with E-state index in [4.69, 9.17) is 0 Å². The molecule has 2 aromatic heterocycles. The first-order valence-electron chi connectivity index (χ1n) is 12.0. The summed E-state index contributed by atoms with van der Waals surface area (Å²) in [7, 11) is 0. The number of halogens is 5. The molecule has 3 aliphatic rings. The van der Waals surface area contributed by atoms with Crippen molar-refractivity contribution < 1.29 is 22.0 Å². The molecule has 0 spiro atoms. The lowest BCUT2D eigenvalue weighted by Crippen LogP contribution is -2.48. The van der Waals surface area contributed by atoms with Gasteiger partial charge in [0.25, 0.3) is 0 Å². The van der Waals surface area contributed by atoms with Crippen LogP contribution < -0.4 is 15.1 Å². The molecule has 0 unspecified atom stereocenters. The zero-order chi connectivity index (χ0) is 25.0. The molecule has 0 amide bonds. The molecule has 36 heavy (non-hydrogen) atoms. The first kappa shape index (κ1) is 23.0. The minimum absolute atomic E-state index is 0.0923. The predicted octanol–water partition coefficient (Wildman–Crippen LogP) is 4.84. The molecule has 0 radical (unpaired) electrons. The van der Waals surface area contributed by atoms with Crippen molar-refractivity contribution in [3.05, 3.63) is 53.9 Å². The Morgan fingerprint density at radius 1 is 0.917 bits per heavy atom. The molecule has 1 aromatic carbocycles. The number of fused-ring (bicyclic) bond motifs is 3. The molecule has 190 valence electrons. The summed E-state index contributed by atoms with van der Waals surface area (Å²) in [5.41, 5.74) is 0.0284. The van der Waals surface area contributed by atoms with Gasteiger partial charge in [-0.1, -0.05) is 0 Å². The molecule has 2 bridgehead atoms. The third kappa shape index (κ3) is 4.22. The Labute approximate surface area is 203 Å². The van der Waals surface area contributed by atoms with Gasteiger partial charge in [-0.05, 0) is 55.4 Å². The Morgan fingerprint density at radius 2 is 1.64 bits per heavy atom. The zero-order valence-electron chi connectivity index (χ0n) is 19.2. The van der Waals surface area contributed by atoms with Gasteiger partial charge in [0.1, 0.15) is 17.3 Å². The second-order valence-electron chi connectivity index (χ2n) is 9.66. The average Bonchev–Trinajstić information content (AvgIpc) is 3.33. The van der Waals surface area contributed by atoms with Gasteiger partial charge in [0.05, 0.1) is 0 Å². The lowest BCUT2D eigenvalue weighted by Gasteiger charge is -2.39.